The van der Waals surface area contributed by atoms with Crippen LogP contribution in [0.5, 0.6) is 0 Å². The number of hydrogen-bond acceptors (Lipinski definition) is 0. The smallest absolute Gasteiger partial charge is 0.110 e. The van der Waals surface area contributed by atoms with Gasteiger partial charge in [-0.1, -0.05) is 25.8 Å². The molecule has 0 unspecified atom stereocenters. The van der Waals surface area contributed by atoms with Crippen molar-refractivity contribution in [1.82, 2.24) is 0 Å². The summed E-state index contributed by atoms with van der Waals surface area (Å²) in [4.78, 5) is 0. The SMILES string of the molecule is CCCCC/C=C/C#CF. The van der Waals surface area contributed by atoms with Gasteiger partial charge in [-0.25, -0.2) is 0 Å². The Labute approximate surface area is 62.1 Å². The zero-order valence-corrected chi connectivity index (χ0v) is 6.36. The van der Waals surface area contributed by atoms with Gasteiger partial charge in [0.05, 0.1) is 0 Å². The fraction of sp³-hybridized carbons (Fsp3) is 0.556. The van der Waals surface area contributed by atoms with Crippen LogP contribution in [-0.2, 0) is 0 Å². The molecular weight excluding hydrogens is 127 g/mol. The molecule has 0 heterocycles. The maximum atomic E-state index is 11.2. The molecule has 0 amide bonds. The van der Waals surface area contributed by atoms with Gasteiger partial charge in [0, 0.05) is 0 Å². The lowest BCUT2D eigenvalue weighted by atomic mass is 10.2. The van der Waals surface area contributed by atoms with Gasteiger partial charge in [0.2, 0.25) is 0 Å². The van der Waals surface area contributed by atoms with Crippen LogP contribution in [0.3, 0.4) is 0 Å². The summed E-state index contributed by atoms with van der Waals surface area (Å²) in [5.74, 6) is 2.23. The lowest BCUT2D eigenvalue weighted by Crippen LogP contribution is -1.69. The van der Waals surface area contributed by atoms with Crippen LogP contribution in [0.25, 0.3) is 0 Å². The van der Waals surface area contributed by atoms with Gasteiger partial charge >= 0.3 is 0 Å². The van der Waals surface area contributed by atoms with Crippen LogP contribution < -0.4 is 0 Å². The van der Waals surface area contributed by atoms with E-state index in [-0.39, 0.29) is 0 Å². The minimum Gasteiger partial charge on any atom is -0.144 e. The monoisotopic (exact) mass is 140 g/mol. The Kier molecular flexibility index (Phi) is 7.60. The molecule has 0 nitrogen and oxygen atoms in total. The van der Waals surface area contributed by atoms with Gasteiger partial charge < -0.3 is 0 Å². The van der Waals surface area contributed by atoms with E-state index in [4.69, 9.17) is 0 Å². The number of unbranched alkanes of at least 4 members (excludes halogenated alkanes) is 3. The van der Waals surface area contributed by atoms with Gasteiger partial charge in [0.1, 0.15) is 6.17 Å². The summed E-state index contributed by atoms with van der Waals surface area (Å²) in [6.45, 7) is 2.16. The maximum Gasteiger partial charge on any atom is 0.110 e. The molecule has 0 bridgehead atoms. The van der Waals surface area contributed by atoms with E-state index in [1.807, 2.05) is 6.08 Å². The predicted octanol–water partition coefficient (Wildman–Crippen LogP) is 3.05. The van der Waals surface area contributed by atoms with Crippen LogP contribution in [-0.4, -0.2) is 0 Å². The molecule has 0 aliphatic carbocycles. The zero-order chi connectivity index (χ0) is 7.66. The van der Waals surface area contributed by atoms with Gasteiger partial charge in [0.15, 0.2) is 0 Å². The maximum absolute atomic E-state index is 11.2. The van der Waals surface area contributed by atoms with Crippen molar-refractivity contribution in [3.05, 3.63) is 12.2 Å². The second-order valence-electron chi connectivity index (χ2n) is 2.14. The second kappa shape index (κ2) is 8.23. The molecular formula is C9H13F. The zero-order valence-electron chi connectivity index (χ0n) is 6.36. The van der Waals surface area contributed by atoms with Gasteiger partial charge in [0.25, 0.3) is 0 Å². The largest absolute Gasteiger partial charge is 0.144 e. The molecule has 0 aromatic rings. The van der Waals surface area contributed by atoms with E-state index in [0.29, 0.717) is 0 Å². The van der Waals surface area contributed by atoms with Crippen LogP contribution in [0.1, 0.15) is 32.6 Å². The van der Waals surface area contributed by atoms with E-state index in [1.165, 1.54) is 25.4 Å². The molecule has 10 heavy (non-hydrogen) atoms. The Morgan fingerprint density at radius 1 is 1.40 bits per heavy atom. The molecule has 0 aliphatic rings. The predicted molar refractivity (Wildman–Crippen MR) is 42.2 cm³/mol. The van der Waals surface area contributed by atoms with Gasteiger partial charge in [-0.15, -0.1) is 4.39 Å². The van der Waals surface area contributed by atoms with Crippen molar-refractivity contribution in [3.8, 4) is 12.1 Å². The summed E-state index contributed by atoms with van der Waals surface area (Å²) in [7, 11) is 0. The summed E-state index contributed by atoms with van der Waals surface area (Å²) in [6, 6.07) is 0. The number of hydrogen-bond donors (Lipinski definition) is 0. The third kappa shape index (κ3) is 7.23. The summed E-state index contributed by atoms with van der Waals surface area (Å²) >= 11 is 0. The molecule has 0 radical (unpaired) electrons. The Morgan fingerprint density at radius 2 is 2.20 bits per heavy atom. The van der Waals surface area contributed by atoms with Crippen molar-refractivity contribution in [3.63, 3.8) is 0 Å². The van der Waals surface area contributed by atoms with E-state index in [0.717, 1.165) is 6.42 Å². The molecule has 0 saturated carbocycles. The molecule has 0 rings (SSSR count). The van der Waals surface area contributed by atoms with E-state index in [2.05, 4.69) is 12.8 Å². The normalized spacial score (nSPS) is 9.40. The first kappa shape index (κ1) is 9.23. The first-order valence-electron chi connectivity index (χ1n) is 3.68. The van der Waals surface area contributed by atoms with Crippen molar-refractivity contribution in [2.45, 2.75) is 32.6 Å². The molecule has 0 aromatic carbocycles. The highest BCUT2D eigenvalue weighted by molar-refractivity contribution is 5.11. The van der Waals surface area contributed by atoms with Gasteiger partial charge in [-0.3, -0.25) is 0 Å². The second-order valence-corrected chi connectivity index (χ2v) is 2.14. The average molecular weight is 140 g/mol. The van der Waals surface area contributed by atoms with Crippen LogP contribution in [0.15, 0.2) is 12.2 Å². The fourth-order valence-corrected chi connectivity index (χ4v) is 0.686. The summed E-state index contributed by atoms with van der Waals surface area (Å²) < 4.78 is 11.2. The van der Waals surface area contributed by atoms with Crippen LogP contribution in [0.2, 0.25) is 0 Å². The third-order valence-corrected chi connectivity index (χ3v) is 1.23. The van der Waals surface area contributed by atoms with E-state index in [9.17, 15) is 4.39 Å². The molecule has 1 heteroatoms. The Morgan fingerprint density at radius 3 is 2.80 bits per heavy atom. The Balaban J connectivity index is 3.08. The molecule has 0 saturated heterocycles. The fourth-order valence-electron chi connectivity index (χ4n) is 0.686. The molecule has 56 valence electrons. The quantitative estimate of drug-likeness (QED) is 0.416. The van der Waals surface area contributed by atoms with E-state index >= 15 is 0 Å². The molecule has 0 fully saturated rings. The highest BCUT2D eigenvalue weighted by Crippen LogP contribution is 1.98. The number of allylic oxidation sites excluding steroid dienone is 2. The minimum atomic E-state index is 1.02. The van der Waals surface area contributed by atoms with Gasteiger partial charge in [-0.05, 0) is 24.8 Å². The average Bonchev–Trinajstić information content (AvgIpc) is 1.97. The van der Waals surface area contributed by atoms with Crippen LogP contribution >= 0.6 is 0 Å². The van der Waals surface area contributed by atoms with E-state index in [1.54, 1.807) is 6.08 Å². The summed E-state index contributed by atoms with van der Waals surface area (Å²) in [5.41, 5.74) is 0. The van der Waals surface area contributed by atoms with Gasteiger partial charge in [-0.2, -0.15) is 0 Å². The molecule has 0 aromatic heterocycles. The highest BCUT2D eigenvalue weighted by Gasteiger charge is 1.79. The molecule has 0 atom stereocenters. The standard InChI is InChI=1S/C9H13F/c1-2-3-4-5-6-7-8-9-10/h6-7H,2-5H2,1H3/b7-6+. The van der Waals surface area contributed by atoms with Crippen molar-refractivity contribution in [2.75, 3.05) is 0 Å². The number of rotatable bonds is 4. The summed E-state index contributed by atoms with van der Waals surface area (Å²) in [5, 5.41) is 0. The first-order valence-corrected chi connectivity index (χ1v) is 3.68. The first-order chi connectivity index (χ1) is 4.91. The Hall–Kier alpha value is -0.770. The van der Waals surface area contributed by atoms with Crippen molar-refractivity contribution >= 4 is 0 Å². The highest BCUT2D eigenvalue weighted by atomic mass is 19.1. The third-order valence-electron chi connectivity index (χ3n) is 1.23. The minimum absolute atomic E-state index is 1.02. The topological polar surface area (TPSA) is 0 Å². The summed E-state index contributed by atoms with van der Waals surface area (Å²) in [6.07, 6.45) is 9.46. The lowest BCUT2D eigenvalue weighted by molar-refractivity contribution is 0.729. The molecule has 0 aliphatic heterocycles. The van der Waals surface area contributed by atoms with Crippen LogP contribution in [0, 0.1) is 12.1 Å². The molecule has 0 spiro atoms. The van der Waals surface area contributed by atoms with Crippen molar-refractivity contribution in [1.29, 1.82) is 0 Å². The lowest BCUT2D eigenvalue weighted by Gasteiger charge is -1.88. The molecule has 0 N–H and O–H groups in total. The number of halogens is 1. The van der Waals surface area contributed by atoms with Crippen molar-refractivity contribution < 1.29 is 4.39 Å². The van der Waals surface area contributed by atoms with E-state index < -0.39 is 0 Å². The Bertz CT molecular complexity index is 137. The van der Waals surface area contributed by atoms with Crippen LogP contribution in [0.4, 0.5) is 4.39 Å². The van der Waals surface area contributed by atoms with Crippen molar-refractivity contribution in [2.24, 2.45) is 0 Å².